The van der Waals surface area contributed by atoms with Crippen LogP contribution in [0.1, 0.15) is 17.2 Å². The first-order valence-electron chi connectivity index (χ1n) is 6.18. The number of rotatable bonds is 3. The molecule has 1 saturated heterocycles. The van der Waals surface area contributed by atoms with Gasteiger partial charge in [-0.05, 0) is 24.6 Å². The van der Waals surface area contributed by atoms with E-state index in [2.05, 4.69) is 10.2 Å². The zero-order chi connectivity index (χ0) is 13.1. The first-order chi connectivity index (χ1) is 8.63. The van der Waals surface area contributed by atoms with Gasteiger partial charge in [0.15, 0.2) is 0 Å². The molecule has 0 unspecified atom stereocenters. The van der Waals surface area contributed by atoms with Gasteiger partial charge in [-0.1, -0.05) is 0 Å². The number of phenolic OH excluding ortho intramolecular Hbond substituents is 1. The largest absolute Gasteiger partial charge is 0.507 e. The summed E-state index contributed by atoms with van der Waals surface area (Å²) in [6, 6.07) is 2.26. The Morgan fingerprint density at radius 1 is 1.37 bits per heavy atom. The first kappa shape index (κ1) is 16.2. The van der Waals surface area contributed by atoms with Crippen LogP contribution >= 0.6 is 12.4 Å². The minimum Gasteiger partial charge on any atom is -0.507 e. The number of aryl methyl sites for hydroxylation is 1. The number of phenols is 1. The third-order valence-corrected chi connectivity index (χ3v) is 3.42. The Balaban J connectivity index is 0.00000180. The van der Waals surface area contributed by atoms with Crippen molar-refractivity contribution in [2.75, 3.05) is 32.8 Å². The van der Waals surface area contributed by atoms with E-state index in [-0.39, 0.29) is 36.6 Å². The highest BCUT2D eigenvalue weighted by Crippen LogP contribution is 2.32. The number of piperazine rings is 1. The molecule has 3 N–H and O–H groups in total. The molecule has 1 heterocycles. The van der Waals surface area contributed by atoms with Crippen LogP contribution in [0.5, 0.6) is 5.75 Å². The fourth-order valence-corrected chi connectivity index (χ4v) is 2.42. The molecule has 1 fully saturated rings. The number of aliphatic hydroxyl groups excluding tert-OH is 1. The van der Waals surface area contributed by atoms with E-state index in [0.29, 0.717) is 11.1 Å². The third-order valence-electron chi connectivity index (χ3n) is 3.42. The van der Waals surface area contributed by atoms with Crippen molar-refractivity contribution in [1.82, 2.24) is 10.2 Å². The number of hydrogen-bond donors (Lipinski definition) is 3. The first-order valence-corrected chi connectivity index (χ1v) is 6.18. The van der Waals surface area contributed by atoms with E-state index in [9.17, 15) is 14.6 Å². The molecule has 4 nitrogen and oxygen atoms in total. The molecule has 1 atom stereocenters. The average Bonchev–Trinajstić information content (AvgIpc) is 2.37. The van der Waals surface area contributed by atoms with Crippen molar-refractivity contribution in [3.8, 4) is 5.75 Å². The van der Waals surface area contributed by atoms with E-state index in [1.807, 2.05) is 0 Å². The number of hydrogen-bond acceptors (Lipinski definition) is 4. The molecule has 1 aromatic carbocycles. The van der Waals surface area contributed by atoms with Crippen LogP contribution in [-0.4, -0.2) is 47.9 Å². The van der Waals surface area contributed by atoms with Gasteiger partial charge in [-0.2, -0.15) is 0 Å². The van der Waals surface area contributed by atoms with E-state index in [0.717, 1.165) is 26.2 Å². The lowest BCUT2D eigenvalue weighted by Crippen LogP contribution is -2.46. The fourth-order valence-electron chi connectivity index (χ4n) is 2.42. The van der Waals surface area contributed by atoms with Crippen molar-refractivity contribution in [1.29, 1.82) is 0 Å². The fraction of sp³-hybridized carbons (Fsp3) is 0.538. The van der Waals surface area contributed by atoms with Crippen molar-refractivity contribution in [3.63, 3.8) is 0 Å². The zero-order valence-electron chi connectivity index (χ0n) is 10.9. The van der Waals surface area contributed by atoms with Gasteiger partial charge >= 0.3 is 0 Å². The van der Waals surface area contributed by atoms with Crippen molar-refractivity contribution < 1.29 is 14.6 Å². The summed E-state index contributed by atoms with van der Waals surface area (Å²) in [5.41, 5.74) is 0.968. The number of aromatic hydroxyl groups is 1. The molecule has 0 spiro atoms. The molecule has 0 bridgehead atoms. The van der Waals surface area contributed by atoms with Crippen LogP contribution in [0, 0.1) is 12.7 Å². The molecule has 0 amide bonds. The summed E-state index contributed by atoms with van der Waals surface area (Å²) in [5.74, 6) is -0.303. The smallest absolute Gasteiger partial charge is 0.124 e. The molecule has 1 aliphatic rings. The Morgan fingerprint density at radius 3 is 2.58 bits per heavy atom. The molecular weight excluding hydrogens is 271 g/mol. The maximum absolute atomic E-state index is 13.4. The molecule has 108 valence electrons. The average molecular weight is 291 g/mol. The summed E-state index contributed by atoms with van der Waals surface area (Å²) >= 11 is 0. The normalized spacial score (nSPS) is 17.8. The maximum Gasteiger partial charge on any atom is 0.124 e. The molecule has 6 heteroatoms. The third kappa shape index (κ3) is 3.57. The molecule has 19 heavy (non-hydrogen) atoms. The van der Waals surface area contributed by atoms with Gasteiger partial charge in [0.25, 0.3) is 0 Å². The van der Waals surface area contributed by atoms with Gasteiger partial charge in [-0.3, -0.25) is 4.90 Å². The van der Waals surface area contributed by atoms with Crippen LogP contribution in [-0.2, 0) is 0 Å². The zero-order valence-corrected chi connectivity index (χ0v) is 11.7. The SMILES string of the molecule is Cc1cc(F)cc([C@H](CO)N2CCNCC2)c1O.Cl. The van der Waals surface area contributed by atoms with E-state index in [1.165, 1.54) is 12.1 Å². The maximum atomic E-state index is 13.4. The lowest BCUT2D eigenvalue weighted by Gasteiger charge is -2.34. The highest BCUT2D eigenvalue weighted by Gasteiger charge is 2.25. The number of aliphatic hydroxyl groups is 1. The van der Waals surface area contributed by atoms with Gasteiger partial charge in [0.05, 0.1) is 12.6 Å². The van der Waals surface area contributed by atoms with Crippen molar-refractivity contribution in [2.24, 2.45) is 0 Å². The van der Waals surface area contributed by atoms with E-state index in [1.54, 1.807) is 6.92 Å². The van der Waals surface area contributed by atoms with Gasteiger partial charge in [-0.25, -0.2) is 4.39 Å². The van der Waals surface area contributed by atoms with Crippen LogP contribution in [0.2, 0.25) is 0 Å². The van der Waals surface area contributed by atoms with Gasteiger partial charge in [0.1, 0.15) is 11.6 Å². The van der Waals surface area contributed by atoms with Crippen molar-refractivity contribution in [3.05, 3.63) is 29.1 Å². The highest BCUT2D eigenvalue weighted by atomic mass is 35.5. The Hall–Kier alpha value is -0.880. The minimum atomic E-state index is -0.381. The molecule has 1 aromatic rings. The van der Waals surface area contributed by atoms with Crippen molar-refractivity contribution >= 4 is 12.4 Å². The number of nitrogens with one attached hydrogen (secondary N) is 1. The Labute approximate surface area is 118 Å². The molecule has 0 aliphatic carbocycles. The number of nitrogens with zero attached hydrogens (tertiary/aromatic N) is 1. The predicted molar refractivity (Wildman–Crippen MR) is 74.3 cm³/mol. The van der Waals surface area contributed by atoms with Crippen LogP contribution < -0.4 is 5.32 Å². The van der Waals surface area contributed by atoms with Crippen LogP contribution in [0.15, 0.2) is 12.1 Å². The molecule has 0 saturated carbocycles. The van der Waals surface area contributed by atoms with E-state index < -0.39 is 0 Å². The lowest BCUT2D eigenvalue weighted by atomic mass is 10.0. The minimum absolute atomic E-state index is 0. The van der Waals surface area contributed by atoms with Gasteiger partial charge < -0.3 is 15.5 Å². The van der Waals surface area contributed by atoms with E-state index in [4.69, 9.17) is 0 Å². The number of halogens is 2. The summed E-state index contributed by atoms with van der Waals surface area (Å²) in [7, 11) is 0. The summed E-state index contributed by atoms with van der Waals surface area (Å²) in [6.07, 6.45) is 0. The van der Waals surface area contributed by atoms with Crippen LogP contribution in [0.25, 0.3) is 0 Å². The van der Waals surface area contributed by atoms with Crippen molar-refractivity contribution in [2.45, 2.75) is 13.0 Å². The summed E-state index contributed by atoms with van der Waals surface area (Å²) in [6.45, 7) is 4.77. The lowest BCUT2D eigenvalue weighted by molar-refractivity contribution is 0.108. The predicted octanol–water partition coefficient (Wildman–Crippen LogP) is 1.20. The number of benzene rings is 1. The Kier molecular flexibility index (Phi) is 6.00. The molecule has 2 rings (SSSR count). The topological polar surface area (TPSA) is 55.7 Å². The standard InChI is InChI=1S/C13H19FN2O2.ClH/c1-9-6-10(14)7-11(13(9)18)12(8-17)16-4-2-15-3-5-16;/h6-7,12,15,17-18H,2-5,8H2,1H3;1H/t12-;/m0./s1. The highest BCUT2D eigenvalue weighted by molar-refractivity contribution is 5.85. The van der Waals surface area contributed by atoms with E-state index >= 15 is 0 Å². The summed E-state index contributed by atoms with van der Waals surface area (Å²) in [5, 5.41) is 22.8. The summed E-state index contributed by atoms with van der Waals surface area (Å²) < 4.78 is 13.4. The van der Waals surface area contributed by atoms with Gasteiger partial charge in [0.2, 0.25) is 0 Å². The quantitative estimate of drug-likeness (QED) is 0.783. The summed E-state index contributed by atoms with van der Waals surface area (Å²) in [4.78, 5) is 2.06. The Bertz CT molecular complexity index is 425. The second kappa shape index (κ2) is 7.05. The van der Waals surface area contributed by atoms with Crippen LogP contribution in [0.4, 0.5) is 4.39 Å². The molecule has 0 radical (unpaired) electrons. The molecule has 0 aromatic heterocycles. The van der Waals surface area contributed by atoms with Crippen LogP contribution in [0.3, 0.4) is 0 Å². The Morgan fingerprint density at radius 2 is 2.00 bits per heavy atom. The monoisotopic (exact) mass is 290 g/mol. The molecule has 1 aliphatic heterocycles. The second-order valence-electron chi connectivity index (χ2n) is 4.64. The van der Waals surface area contributed by atoms with Gasteiger partial charge in [0, 0.05) is 31.7 Å². The second-order valence-corrected chi connectivity index (χ2v) is 4.64. The van der Waals surface area contributed by atoms with Gasteiger partial charge in [-0.15, -0.1) is 12.4 Å². The molecular formula is C13H20ClFN2O2.